The number of nitriles is 1. The van der Waals surface area contributed by atoms with E-state index in [0.29, 0.717) is 27.0 Å². The van der Waals surface area contributed by atoms with Gasteiger partial charge in [-0.1, -0.05) is 65.8 Å². The molecule has 1 atom stereocenters. The van der Waals surface area contributed by atoms with E-state index >= 15 is 0 Å². The Morgan fingerprint density at radius 1 is 1.00 bits per heavy atom. The van der Waals surface area contributed by atoms with Crippen LogP contribution < -0.4 is 16.0 Å². The van der Waals surface area contributed by atoms with E-state index in [4.69, 9.17) is 11.6 Å². The molecule has 11 heteroatoms. The number of amides is 2. The third-order valence-electron chi connectivity index (χ3n) is 5.96. The summed E-state index contributed by atoms with van der Waals surface area (Å²) in [5.74, 6) is -2.05. The molecule has 4 rings (SSSR count). The molecule has 1 heterocycles. The lowest BCUT2D eigenvalue weighted by atomic mass is 9.82. The smallest absolute Gasteiger partial charge is 0.353 e. The van der Waals surface area contributed by atoms with E-state index in [0.717, 1.165) is 23.9 Å². The Morgan fingerprint density at radius 2 is 1.68 bits per heavy atom. The van der Waals surface area contributed by atoms with E-state index in [9.17, 15) is 28.0 Å². The first-order valence-electron chi connectivity index (χ1n) is 11.9. The van der Waals surface area contributed by atoms with Gasteiger partial charge in [0.2, 0.25) is 5.91 Å². The summed E-state index contributed by atoms with van der Waals surface area (Å²) in [4.78, 5) is 26.1. The first kappa shape index (κ1) is 28.8. The average Bonchev–Trinajstić information content (AvgIpc) is 2.92. The van der Waals surface area contributed by atoms with Gasteiger partial charge in [-0.05, 0) is 48.9 Å². The van der Waals surface area contributed by atoms with Gasteiger partial charge in [-0.2, -0.15) is 18.4 Å². The van der Waals surface area contributed by atoms with Gasteiger partial charge in [-0.25, -0.2) is 0 Å². The van der Waals surface area contributed by atoms with E-state index in [1.54, 1.807) is 55.5 Å². The Labute approximate surface area is 237 Å². The Bertz CT molecular complexity index is 1550. The molecule has 1 aliphatic rings. The summed E-state index contributed by atoms with van der Waals surface area (Å²) < 4.78 is 39.1. The number of benzene rings is 3. The van der Waals surface area contributed by atoms with E-state index in [2.05, 4.69) is 22.0 Å². The average molecular weight is 583 g/mol. The molecule has 3 aromatic rings. The fourth-order valence-corrected chi connectivity index (χ4v) is 5.31. The van der Waals surface area contributed by atoms with Crippen molar-refractivity contribution in [3.05, 3.63) is 117 Å². The highest BCUT2D eigenvalue weighted by Crippen LogP contribution is 2.43. The molecule has 0 fully saturated rings. The van der Waals surface area contributed by atoms with Crippen LogP contribution in [0.5, 0.6) is 0 Å². The first-order chi connectivity index (χ1) is 19.1. The highest BCUT2D eigenvalue weighted by Gasteiger charge is 2.36. The van der Waals surface area contributed by atoms with Crippen LogP contribution in [0.3, 0.4) is 0 Å². The second-order valence-electron chi connectivity index (χ2n) is 8.71. The molecule has 0 saturated carbocycles. The highest BCUT2D eigenvalue weighted by molar-refractivity contribution is 8.03. The molecule has 0 spiro atoms. The Morgan fingerprint density at radius 3 is 2.35 bits per heavy atom. The van der Waals surface area contributed by atoms with Crippen LogP contribution in [0.4, 0.5) is 24.5 Å². The van der Waals surface area contributed by atoms with Crippen molar-refractivity contribution in [3.63, 3.8) is 0 Å². The van der Waals surface area contributed by atoms with Crippen LogP contribution in [0.2, 0.25) is 5.02 Å². The molecular weight excluding hydrogens is 561 g/mol. The van der Waals surface area contributed by atoms with Crippen molar-refractivity contribution in [2.45, 2.75) is 19.0 Å². The molecule has 6 nitrogen and oxygen atoms in total. The number of rotatable bonds is 7. The lowest BCUT2D eigenvalue weighted by molar-refractivity contribution is -0.137. The first-order valence-corrected chi connectivity index (χ1v) is 13.3. The summed E-state index contributed by atoms with van der Waals surface area (Å²) in [6, 6.07) is 22.2. The lowest BCUT2D eigenvalue weighted by Crippen LogP contribution is -2.31. The van der Waals surface area contributed by atoms with Crippen molar-refractivity contribution in [1.82, 2.24) is 5.32 Å². The molecule has 1 aliphatic heterocycles. The predicted octanol–water partition coefficient (Wildman–Crippen LogP) is 7.07. The lowest BCUT2D eigenvalue weighted by Gasteiger charge is -2.30. The number of thioether (sulfide) groups is 1. The fourth-order valence-electron chi connectivity index (χ4n) is 4.18. The molecular formula is C29H22ClF3N4O2S. The quantitative estimate of drug-likeness (QED) is 0.277. The third kappa shape index (κ3) is 6.68. The summed E-state index contributed by atoms with van der Waals surface area (Å²) in [5.41, 5.74) is 1.13. The largest absolute Gasteiger partial charge is 0.416 e. The van der Waals surface area contributed by atoms with E-state index < -0.39 is 29.5 Å². The van der Waals surface area contributed by atoms with Gasteiger partial charge in [-0.15, -0.1) is 0 Å². The van der Waals surface area contributed by atoms with Crippen LogP contribution in [0.25, 0.3) is 0 Å². The van der Waals surface area contributed by atoms with Gasteiger partial charge in [0, 0.05) is 27.7 Å². The molecule has 2 amide bonds. The summed E-state index contributed by atoms with van der Waals surface area (Å²) in [5, 5.41) is 19.3. The van der Waals surface area contributed by atoms with Gasteiger partial charge in [0.25, 0.3) is 5.91 Å². The molecule has 40 heavy (non-hydrogen) atoms. The van der Waals surface area contributed by atoms with Crippen LogP contribution in [0.15, 0.2) is 101 Å². The van der Waals surface area contributed by atoms with Gasteiger partial charge in [0.1, 0.15) is 0 Å². The number of para-hydroxylation sites is 1. The molecule has 204 valence electrons. The standard InChI is InChI=1S/C29H22ClF3N4O2S/c1-17-25(27(39)37-19-9-3-2-4-10-19)26(21-12-5-6-13-23(21)30)22(15-34)28(35-17)40-16-24(38)36-20-11-7-8-18(14-20)29(31,32)33/h2-14,26,35H,16H2,1H3,(H,36,38)(H,37,39)/t26-/m0/s1. The second kappa shape index (κ2) is 12.3. The van der Waals surface area contributed by atoms with Gasteiger partial charge in [-0.3, -0.25) is 9.59 Å². The number of anilines is 2. The van der Waals surface area contributed by atoms with Crippen LogP contribution in [-0.4, -0.2) is 17.6 Å². The number of nitrogens with one attached hydrogen (secondary N) is 3. The van der Waals surface area contributed by atoms with Crippen molar-refractivity contribution in [2.24, 2.45) is 0 Å². The number of hydrogen-bond acceptors (Lipinski definition) is 5. The normalized spacial score (nSPS) is 15.2. The molecule has 3 aromatic carbocycles. The van der Waals surface area contributed by atoms with Gasteiger partial charge in [0.05, 0.1) is 33.9 Å². The van der Waals surface area contributed by atoms with Crippen molar-refractivity contribution in [2.75, 3.05) is 16.4 Å². The summed E-state index contributed by atoms with van der Waals surface area (Å²) in [7, 11) is 0. The number of dihydropyridines is 1. The van der Waals surface area contributed by atoms with Gasteiger partial charge in [0.15, 0.2) is 0 Å². The van der Waals surface area contributed by atoms with E-state index in [-0.39, 0.29) is 22.6 Å². The van der Waals surface area contributed by atoms with Crippen molar-refractivity contribution in [1.29, 1.82) is 5.26 Å². The molecule has 0 bridgehead atoms. The van der Waals surface area contributed by atoms with Crippen LogP contribution in [0, 0.1) is 11.3 Å². The molecule has 0 aliphatic carbocycles. The van der Waals surface area contributed by atoms with Gasteiger partial charge >= 0.3 is 6.18 Å². The minimum Gasteiger partial charge on any atom is -0.353 e. The Hall–Kier alpha value is -4.20. The van der Waals surface area contributed by atoms with Crippen LogP contribution >= 0.6 is 23.4 Å². The van der Waals surface area contributed by atoms with Crippen molar-refractivity contribution >= 4 is 46.6 Å². The Kier molecular flexibility index (Phi) is 8.87. The number of allylic oxidation sites excluding steroid dienone is 2. The highest BCUT2D eigenvalue weighted by atomic mass is 35.5. The number of halogens is 4. The fraction of sp³-hybridized carbons (Fsp3) is 0.138. The molecule has 0 unspecified atom stereocenters. The van der Waals surface area contributed by atoms with Gasteiger partial charge < -0.3 is 16.0 Å². The molecule has 3 N–H and O–H groups in total. The predicted molar refractivity (Wildman–Crippen MR) is 150 cm³/mol. The maximum atomic E-state index is 13.5. The zero-order valence-electron chi connectivity index (χ0n) is 21.0. The zero-order chi connectivity index (χ0) is 28.9. The summed E-state index contributed by atoms with van der Waals surface area (Å²) in [6.07, 6.45) is -4.55. The summed E-state index contributed by atoms with van der Waals surface area (Å²) >= 11 is 7.51. The monoisotopic (exact) mass is 582 g/mol. The SMILES string of the molecule is CC1=C(C(=O)Nc2ccccc2)[C@@H](c2ccccc2Cl)C(C#N)=C(SCC(=O)Nc2cccc(C(F)(F)F)c2)N1. The molecule has 0 saturated heterocycles. The number of hydrogen-bond donors (Lipinski definition) is 3. The maximum absolute atomic E-state index is 13.5. The topological polar surface area (TPSA) is 94.0 Å². The third-order valence-corrected chi connectivity index (χ3v) is 7.32. The van der Waals surface area contributed by atoms with Crippen molar-refractivity contribution < 1.29 is 22.8 Å². The second-order valence-corrected chi connectivity index (χ2v) is 10.1. The van der Waals surface area contributed by atoms with Crippen LogP contribution in [-0.2, 0) is 15.8 Å². The van der Waals surface area contributed by atoms with Crippen LogP contribution in [0.1, 0.15) is 24.0 Å². The molecule has 0 aromatic heterocycles. The molecule has 0 radical (unpaired) electrons. The maximum Gasteiger partial charge on any atom is 0.416 e. The van der Waals surface area contributed by atoms with E-state index in [1.165, 1.54) is 12.1 Å². The number of nitrogens with zero attached hydrogens (tertiary/aromatic N) is 1. The van der Waals surface area contributed by atoms with E-state index in [1.807, 2.05) is 6.07 Å². The minimum absolute atomic E-state index is 0.00333. The zero-order valence-corrected chi connectivity index (χ0v) is 22.5. The number of carbonyl (C=O) groups excluding carboxylic acids is 2. The summed E-state index contributed by atoms with van der Waals surface area (Å²) in [6.45, 7) is 1.68. The minimum atomic E-state index is -4.55. The van der Waals surface area contributed by atoms with Crippen molar-refractivity contribution in [3.8, 4) is 6.07 Å². The number of carbonyl (C=O) groups is 2. The Balaban J connectivity index is 1.61. The number of alkyl halides is 3.